The van der Waals surface area contributed by atoms with Crippen LogP contribution in [0.5, 0.6) is 0 Å². The van der Waals surface area contributed by atoms with Crippen LogP contribution in [-0.4, -0.2) is 21.9 Å². The molecule has 0 aliphatic rings. The van der Waals surface area contributed by atoms with E-state index in [1.54, 1.807) is 30.3 Å². The van der Waals surface area contributed by atoms with Crippen molar-refractivity contribution in [3.8, 4) is 11.3 Å². The third-order valence-electron chi connectivity index (χ3n) is 3.83. The van der Waals surface area contributed by atoms with Crippen LogP contribution in [0.15, 0.2) is 65.1 Å². The number of amides is 2. The highest BCUT2D eigenvalue weighted by Gasteiger charge is 2.20. The number of hydrogen-bond acceptors (Lipinski definition) is 6. The molecule has 152 valence electrons. The van der Waals surface area contributed by atoms with Crippen molar-refractivity contribution < 1.29 is 18.9 Å². The Hall–Kier alpha value is -3.76. The highest BCUT2D eigenvalue weighted by molar-refractivity contribution is 7.80. The Labute approximate surface area is 180 Å². The fraction of sp³-hybridized carbons (Fsp3) is 0. The van der Waals surface area contributed by atoms with Gasteiger partial charge >= 0.3 is 0 Å². The number of benzene rings is 2. The first-order valence-electron chi connectivity index (χ1n) is 8.36. The van der Waals surface area contributed by atoms with Crippen LogP contribution >= 0.6 is 23.8 Å². The molecular formula is C19H13ClN4O5S. The zero-order chi connectivity index (χ0) is 21.7. The molecule has 2 amide bonds. The fourth-order valence-electron chi connectivity index (χ4n) is 2.47. The lowest BCUT2D eigenvalue weighted by Crippen LogP contribution is -2.48. The molecule has 0 radical (unpaired) electrons. The minimum atomic E-state index is -0.794. The summed E-state index contributed by atoms with van der Waals surface area (Å²) in [6.07, 6.45) is 0. The van der Waals surface area contributed by atoms with E-state index in [0.29, 0.717) is 16.3 Å². The monoisotopic (exact) mass is 444 g/mol. The van der Waals surface area contributed by atoms with Gasteiger partial charge in [-0.15, -0.1) is 0 Å². The van der Waals surface area contributed by atoms with Gasteiger partial charge in [-0.05, 0) is 42.5 Å². The Morgan fingerprint density at radius 2 is 1.67 bits per heavy atom. The van der Waals surface area contributed by atoms with Crippen LogP contribution in [0.3, 0.4) is 0 Å². The van der Waals surface area contributed by atoms with Crippen LogP contribution < -0.4 is 16.2 Å². The number of rotatable bonds is 4. The maximum Gasteiger partial charge on any atom is 0.293 e. The second kappa shape index (κ2) is 9.16. The number of para-hydroxylation sites is 1. The fourth-order valence-corrected chi connectivity index (χ4v) is 2.84. The molecule has 3 rings (SSSR count). The lowest BCUT2D eigenvalue weighted by Gasteiger charge is -2.10. The van der Waals surface area contributed by atoms with Crippen molar-refractivity contribution in [2.45, 2.75) is 0 Å². The minimum absolute atomic E-state index is 0.0286. The van der Waals surface area contributed by atoms with Crippen molar-refractivity contribution >= 4 is 46.4 Å². The number of nitrogens with zero attached hydrogens (tertiary/aromatic N) is 1. The third kappa shape index (κ3) is 4.80. The third-order valence-corrected chi connectivity index (χ3v) is 4.36. The van der Waals surface area contributed by atoms with Gasteiger partial charge in [0.25, 0.3) is 17.5 Å². The maximum absolute atomic E-state index is 12.3. The van der Waals surface area contributed by atoms with Gasteiger partial charge in [0, 0.05) is 11.6 Å². The first-order chi connectivity index (χ1) is 14.4. The van der Waals surface area contributed by atoms with E-state index >= 15 is 0 Å². The van der Waals surface area contributed by atoms with Gasteiger partial charge in [0.15, 0.2) is 10.9 Å². The number of carbonyl (C=O) groups excluding carboxylic acids is 2. The molecular weight excluding hydrogens is 432 g/mol. The van der Waals surface area contributed by atoms with E-state index in [2.05, 4.69) is 16.2 Å². The number of nitro benzene ring substituents is 1. The molecule has 2 aromatic carbocycles. The van der Waals surface area contributed by atoms with Crippen LogP contribution in [0.2, 0.25) is 5.02 Å². The van der Waals surface area contributed by atoms with Crippen molar-refractivity contribution in [3.63, 3.8) is 0 Å². The number of hydrogen-bond donors (Lipinski definition) is 3. The standard InChI is InChI=1S/C19H13ClN4O5S/c20-13-7-3-1-5-11(13)15-9-10-16(29-15)18(26)21-19(30)23-22-17(25)12-6-2-4-8-14(12)24(27)28/h1-10H,(H,22,25)(H2,21,23,26,30). The van der Waals surface area contributed by atoms with Gasteiger partial charge in [0.2, 0.25) is 0 Å². The molecule has 3 N–H and O–H groups in total. The highest BCUT2D eigenvalue weighted by atomic mass is 35.5. The summed E-state index contributed by atoms with van der Waals surface area (Å²) in [5.74, 6) is -1.09. The normalized spacial score (nSPS) is 10.2. The van der Waals surface area contributed by atoms with E-state index in [9.17, 15) is 19.7 Å². The summed E-state index contributed by atoms with van der Waals surface area (Å²) < 4.78 is 5.50. The molecule has 0 aliphatic carbocycles. The highest BCUT2D eigenvalue weighted by Crippen LogP contribution is 2.29. The molecule has 0 spiro atoms. The summed E-state index contributed by atoms with van der Waals surface area (Å²) in [6.45, 7) is 0. The van der Waals surface area contributed by atoms with Gasteiger partial charge in [-0.25, -0.2) is 0 Å². The number of nitro groups is 1. The molecule has 0 atom stereocenters. The molecule has 3 aromatic rings. The Kier molecular flexibility index (Phi) is 6.40. The van der Waals surface area contributed by atoms with Gasteiger partial charge in [-0.2, -0.15) is 0 Å². The number of halogens is 1. The lowest BCUT2D eigenvalue weighted by atomic mass is 10.2. The average Bonchev–Trinajstić information content (AvgIpc) is 3.22. The second-order valence-electron chi connectivity index (χ2n) is 5.78. The van der Waals surface area contributed by atoms with Gasteiger partial charge in [-0.1, -0.05) is 35.9 Å². The second-order valence-corrected chi connectivity index (χ2v) is 6.60. The topological polar surface area (TPSA) is 127 Å². The van der Waals surface area contributed by atoms with Crippen LogP contribution in [0.1, 0.15) is 20.9 Å². The molecule has 1 aromatic heterocycles. The smallest absolute Gasteiger partial charge is 0.293 e. The molecule has 9 nitrogen and oxygen atoms in total. The number of nitrogens with one attached hydrogen (secondary N) is 3. The summed E-state index contributed by atoms with van der Waals surface area (Å²) in [4.78, 5) is 34.7. The average molecular weight is 445 g/mol. The van der Waals surface area contributed by atoms with Crippen molar-refractivity contribution in [2.24, 2.45) is 0 Å². The van der Waals surface area contributed by atoms with Crippen LogP contribution in [-0.2, 0) is 0 Å². The van der Waals surface area contributed by atoms with Crippen LogP contribution in [0.4, 0.5) is 5.69 Å². The predicted octanol–water partition coefficient (Wildman–Crippen LogP) is 3.46. The Morgan fingerprint density at radius 1 is 0.967 bits per heavy atom. The lowest BCUT2D eigenvalue weighted by molar-refractivity contribution is -0.385. The number of carbonyl (C=O) groups is 2. The van der Waals surface area contributed by atoms with Crippen LogP contribution in [0.25, 0.3) is 11.3 Å². The van der Waals surface area contributed by atoms with E-state index in [-0.39, 0.29) is 22.1 Å². The Bertz CT molecular complexity index is 1150. The van der Waals surface area contributed by atoms with Crippen molar-refractivity contribution in [1.29, 1.82) is 0 Å². The largest absolute Gasteiger partial charge is 0.451 e. The molecule has 0 saturated heterocycles. The Balaban J connectivity index is 1.59. The molecule has 0 bridgehead atoms. The summed E-state index contributed by atoms with van der Waals surface area (Å²) >= 11 is 11.1. The van der Waals surface area contributed by atoms with Gasteiger partial charge in [0.1, 0.15) is 11.3 Å². The first-order valence-corrected chi connectivity index (χ1v) is 9.15. The predicted molar refractivity (Wildman–Crippen MR) is 113 cm³/mol. The van der Waals surface area contributed by atoms with Gasteiger partial charge < -0.3 is 4.42 Å². The molecule has 0 fully saturated rings. The van der Waals surface area contributed by atoms with Crippen molar-refractivity contribution in [2.75, 3.05) is 0 Å². The van der Waals surface area contributed by atoms with E-state index in [0.717, 1.165) is 0 Å². The maximum atomic E-state index is 12.3. The van der Waals surface area contributed by atoms with Crippen LogP contribution in [0, 0.1) is 10.1 Å². The SMILES string of the molecule is O=C(NC(=S)NNC(=O)c1ccccc1[N+](=O)[O-])c1ccc(-c2ccccc2Cl)o1. The first kappa shape index (κ1) is 21.0. The molecule has 0 saturated carbocycles. The van der Waals surface area contributed by atoms with Gasteiger partial charge in [0.05, 0.1) is 9.95 Å². The van der Waals surface area contributed by atoms with E-state index in [4.69, 9.17) is 28.2 Å². The van der Waals surface area contributed by atoms with Crippen molar-refractivity contribution in [3.05, 3.63) is 87.1 Å². The molecule has 1 heterocycles. The molecule has 30 heavy (non-hydrogen) atoms. The zero-order valence-electron chi connectivity index (χ0n) is 15.0. The Morgan fingerprint density at radius 3 is 2.40 bits per heavy atom. The quantitative estimate of drug-likeness (QED) is 0.319. The van der Waals surface area contributed by atoms with Gasteiger partial charge in [-0.3, -0.25) is 35.9 Å². The van der Waals surface area contributed by atoms with Crippen molar-refractivity contribution in [1.82, 2.24) is 16.2 Å². The number of thiocarbonyl (C=S) groups is 1. The zero-order valence-corrected chi connectivity index (χ0v) is 16.6. The number of furan rings is 1. The summed E-state index contributed by atoms with van der Waals surface area (Å²) in [7, 11) is 0. The summed E-state index contributed by atoms with van der Waals surface area (Å²) in [5, 5.41) is 13.6. The van der Waals surface area contributed by atoms with E-state index in [1.165, 1.54) is 30.3 Å². The van der Waals surface area contributed by atoms with E-state index < -0.39 is 16.7 Å². The molecule has 0 aliphatic heterocycles. The molecule has 0 unspecified atom stereocenters. The van der Waals surface area contributed by atoms with E-state index in [1.807, 2.05) is 0 Å². The minimum Gasteiger partial charge on any atom is -0.451 e. The summed E-state index contributed by atoms with van der Waals surface area (Å²) in [5.41, 5.74) is 4.59. The summed E-state index contributed by atoms with van der Waals surface area (Å²) in [6, 6.07) is 15.4. The number of hydrazine groups is 1. The molecule has 11 heteroatoms.